The maximum atomic E-state index is 13.4. The molecule has 5 nitrogen and oxygen atoms in total. The minimum atomic E-state index is -0.219. The Hall–Kier alpha value is -2.37. The topological polar surface area (TPSA) is 58.4 Å². The van der Waals surface area contributed by atoms with Gasteiger partial charge in [0.15, 0.2) is 5.69 Å². The first-order valence-electron chi connectivity index (χ1n) is 9.41. The number of aromatic nitrogens is 1. The highest BCUT2D eigenvalue weighted by atomic mass is 19.1. The summed E-state index contributed by atoms with van der Waals surface area (Å²) in [5, 5.41) is 7.15. The van der Waals surface area contributed by atoms with Crippen molar-refractivity contribution >= 4 is 11.6 Å². The third kappa shape index (κ3) is 3.32. The van der Waals surface area contributed by atoms with E-state index in [1.165, 1.54) is 6.07 Å². The van der Waals surface area contributed by atoms with Crippen LogP contribution in [0.5, 0.6) is 0 Å². The van der Waals surface area contributed by atoms with Crippen molar-refractivity contribution in [3.8, 4) is 0 Å². The molecule has 1 amide bonds. The second-order valence-corrected chi connectivity index (χ2v) is 7.33. The van der Waals surface area contributed by atoms with Gasteiger partial charge in [0, 0.05) is 36.8 Å². The van der Waals surface area contributed by atoms with Crippen molar-refractivity contribution in [2.24, 2.45) is 0 Å². The third-order valence-corrected chi connectivity index (χ3v) is 5.42. The molecule has 1 saturated heterocycles. The van der Waals surface area contributed by atoms with Gasteiger partial charge in [-0.1, -0.05) is 5.16 Å². The van der Waals surface area contributed by atoms with Gasteiger partial charge in [-0.2, -0.15) is 0 Å². The van der Waals surface area contributed by atoms with E-state index in [1.807, 2.05) is 13.0 Å². The quantitative estimate of drug-likeness (QED) is 0.915. The van der Waals surface area contributed by atoms with Gasteiger partial charge in [-0.3, -0.25) is 4.79 Å². The predicted molar refractivity (Wildman–Crippen MR) is 97.0 cm³/mol. The number of nitrogens with one attached hydrogen (secondary N) is 1. The number of carbonyl (C=O) groups excluding carboxylic acids is 1. The van der Waals surface area contributed by atoms with Crippen LogP contribution in [0.25, 0.3) is 0 Å². The van der Waals surface area contributed by atoms with E-state index in [0.717, 1.165) is 74.2 Å². The van der Waals surface area contributed by atoms with Gasteiger partial charge in [0.05, 0.1) is 0 Å². The Labute approximate surface area is 152 Å². The van der Waals surface area contributed by atoms with E-state index in [4.69, 9.17) is 4.52 Å². The molecule has 1 aromatic heterocycles. The first-order valence-corrected chi connectivity index (χ1v) is 9.41. The second kappa shape index (κ2) is 7.09. The number of hydrogen-bond donors (Lipinski definition) is 1. The number of benzene rings is 1. The van der Waals surface area contributed by atoms with E-state index >= 15 is 0 Å². The molecular formula is C20H24FN3O2. The van der Waals surface area contributed by atoms with Gasteiger partial charge in [0.25, 0.3) is 5.91 Å². The molecule has 0 saturated carbocycles. The summed E-state index contributed by atoms with van der Waals surface area (Å²) in [6.45, 7) is 3.55. The molecule has 0 spiro atoms. The summed E-state index contributed by atoms with van der Waals surface area (Å²) < 4.78 is 18.7. The van der Waals surface area contributed by atoms with Gasteiger partial charge in [-0.05, 0) is 62.8 Å². The van der Waals surface area contributed by atoms with E-state index < -0.39 is 0 Å². The fourth-order valence-corrected chi connectivity index (χ4v) is 4.10. The first-order chi connectivity index (χ1) is 12.6. The number of anilines is 1. The van der Waals surface area contributed by atoms with Crippen LogP contribution in [0.2, 0.25) is 0 Å². The maximum absolute atomic E-state index is 13.4. The lowest BCUT2D eigenvalue weighted by molar-refractivity contribution is 0.0923. The van der Waals surface area contributed by atoms with Gasteiger partial charge in [-0.25, -0.2) is 4.39 Å². The van der Waals surface area contributed by atoms with E-state index in [1.54, 1.807) is 6.07 Å². The summed E-state index contributed by atoms with van der Waals surface area (Å²) >= 11 is 0. The Kier molecular flexibility index (Phi) is 4.66. The zero-order valence-electron chi connectivity index (χ0n) is 15.1. The summed E-state index contributed by atoms with van der Waals surface area (Å²) in [5.41, 5.74) is 3.39. The fourth-order valence-electron chi connectivity index (χ4n) is 4.10. The highest BCUT2D eigenvalue weighted by Gasteiger charge is 2.27. The zero-order valence-corrected chi connectivity index (χ0v) is 15.1. The van der Waals surface area contributed by atoms with Crippen molar-refractivity contribution in [3.63, 3.8) is 0 Å². The molecule has 1 atom stereocenters. The van der Waals surface area contributed by atoms with Crippen molar-refractivity contribution in [2.45, 2.75) is 51.5 Å². The Bertz CT molecular complexity index is 817. The third-order valence-electron chi connectivity index (χ3n) is 5.42. The van der Waals surface area contributed by atoms with E-state index in [0.29, 0.717) is 5.69 Å². The van der Waals surface area contributed by atoms with Crippen LogP contribution in [0.15, 0.2) is 22.7 Å². The van der Waals surface area contributed by atoms with Crippen LogP contribution in [0.3, 0.4) is 0 Å². The average molecular weight is 357 g/mol. The molecule has 0 unspecified atom stereocenters. The molecule has 2 aliphatic rings. The van der Waals surface area contributed by atoms with Crippen molar-refractivity contribution in [1.82, 2.24) is 10.5 Å². The molecule has 1 fully saturated rings. The van der Waals surface area contributed by atoms with Gasteiger partial charge in [-0.15, -0.1) is 0 Å². The molecular weight excluding hydrogens is 333 g/mol. The normalized spacial score (nSPS) is 19.9. The van der Waals surface area contributed by atoms with Crippen LogP contribution < -0.4 is 10.2 Å². The highest BCUT2D eigenvalue weighted by Crippen LogP contribution is 2.26. The summed E-state index contributed by atoms with van der Waals surface area (Å²) in [7, 11) is 0. The van der Waals surface area contributed by atoms with E-state index in [9.17, 15) is 9.18 Å². The molecule has 1 N–H and O–H groups in total. The standard InChI is InChI=1S/C20H24FN3O2/c1-13-11-14(21)8-9-17(13)24-10-4-5-15(12-24)22-20(25)19-16-6-2-3-7-18(16)26-23-19/h8-9,11,15H,2-7,10,12H2,1H3,(H,22,25)/t15-/m0/s1. The van der Waals surface area contributed by atoms with Crippen molar-refractivity contribution < 1.29 is 13.7 Å². The number of hydrogen-bond acceptors (Lipinski definition) is 4. The van der Waals surface area contributed by atoms with Crippen LogP contribution in [0.4, 0.5) is 10.1 Å². The number of amides is 1. The summed E-state index contributed by atoms with van der Waals surface area (Å²) in [5.74, 6) is 0.511. The molecule has 1 aliphatic heterocycles. The molecule has 2 aromatic rings. The second-order valence-electron chi connectivity index (χ2n) is 7.33. The summed E-state index contributed by atoms with van der Waals surface area (Å²) in [4.78, 5) is 14.9. The fraction of sp³-hybridized carbons (Fsp3) is 0.500. The monoisotopic (exact) mass is 357 g/mol. The molecule has 0 bridgehead atoms. The minimum Gasteiger partial charge on any atom is -0.369 e. The molecule has 6 heteroatoms. The lowest BCUT2D eigenvalue weighted by atomic mass is 9.96. The van der Waals surface area contributed by atoms with Crippen molar-refractivity contribution in [3.05, 3.63) is 46.6 Å². The number of halogens is 1. The first kappa shape index (κ1) is 17.1. The van der Waals surface area contributed by atoms with Gasteiger partial charge in [0.1, 0.15) is 11.6 Å². The average Bonchev–Trinajstić information content (AvgIpc) is 3.06. The van der Waals surface area contributed by atoms with E-state index in [-0.39, 0.29) is 17.8 Å². The van der Waals surface area contributed by atoms with E-state index in [2.05, 4.69) is 15.4 Å². The molecule has 1 aliphatic carbocycles. The predicted octanol–water partition coefficient (Wildman–Crippen LogP) is 3.40. The van der Waals surface area contributed by atoms with Gasteiger partial charge < -0.3 is 14.7 Å². The maximum Gasteiger partial charge on any atom is 0.274 e. The van der Waals surface area contributed by atoms with Crippen LogP contribution >= 0.6 is 0 Å². The minimum absolute atomic E-state index is 0.0524. The lowest BCUT2D eigenvalue weighted by Gasteiger charge is -2.35. The van der Waals surface area contributed by atoms with Crippen LogP contribution in [-0.4, -0.2) is 30.2 Å². The van der Waals surface area contributed by atoms with Crippen LogP contribution in [0.1, 0.15) is 53.1 Å². The van der Waals surface area contributed by atoms with Crippen LogP contribution in [0, 0.1) is 12.7 Å². The van der Waals surface area contributed by atoms with Gasteiger partial charge >= 0.3 is 0 Å². The van der Waals surface area contributed by atoms with Gasteiger partial charge in [0.2, 0.25) is 0 Å². The van der Waals surface area contributed by atoms with Crippen molar-refractivity contribution in [2.75, 3.05) is 18.0 Å². The number of rotatable bonds is 3. The Morgan fingerprint density at radius 3 is 3.00 bits per heavy atom. The molecule has 0 radical (unpaired) electrons. The lowest BCUT2D eigenvalue weighted by Crippen LogP contribution is -2.48. The molecule has 4 rings (SSSR count). The largest absolute Gasteiger partial charge is 0.369 e. The van der Waals surface area contributed by atoms with Crippen LogP contribution in [-0.2, 0) is 12.8 Å². The molecule has 1 aromatic carbocycles. The molecule has 26 heavy (non-hydrogen) atoms. The number of piperidine rings is 1. The Morgan fingerprint density at radius 1 is 1.31 bits per heavy atom. The number of carbonyl (C=O) groups is 1. The summed E-state index contributed by atoms with van der Waals surface area (Å²) in [6, 6.07) is 4.92. The SMILES string of the molecule is Cc1cc(F)ccc1N1CCC[C@H](NC(=O)c2noc3c2CCCC3)C1. The Morgan fingerprint density at radius 2 is 2.15 bits per heavy atom. The zero-order chi connectivity index (χ0) is 18.1. The highest BCUT2D eigenvalue weighted by molar-refractivity contribution is 5.94. The number of aryl methyl sites for hydroxylation is 2. The molecule has 2 heterocycles. The summed E-state index contributed by atoms with van der Waals surface area (Å²) in [6.07, 6.45) is 5.83. The smallest absolute Gasteiger partial charge is 0.274 e. The Balaban J connectivity index is 1.45. The molecule has 138 valence electrons. The number of nitrogens with zero attached hydrogens (tertiary/aromatic N) is 2. The van der Waals surface area contributed by atoms with Crippen molar-refractivity contribution in [1.29, 1.82) is 0 Å². The number of fused-ring (bicyclic) bond motifs is 1.